The average Bonchev–Trinajstić information content (AvgIpc) is 2.25. The van der Waals surface area contributed by atoms with E-state index < -0.39 is 36.3 Å². The summed E-state index contributed by atoms with van der Waals surface area (Å²) < 4.78 is 65.6. The summed E-state index contributed by atoms with van der Waals surface area (Å²) in [6, 6.07) is 0. The highest BCUT2D eigenvalue weighted by Crippen LogP contribution is 2.38. The third-order valence-corrected chi connectivity index (χ3v) is 2.49. The van der Waals surface area contributed by atoms with E-state index in [0.717, 1.165) is 6.20 Å². The van der Waals surface area contributed by atoms with Gasteiger partial charge in [-0.25, -0.2) is 8.78 Å². The molecule has 0 aliphatic rings. The molecule has 0 amide bonds. The van der Waals surface area contributed by atoms with Crippen LogP contribution in [0.5, 0.6) is 5.75 Å². The minimum atomic E-state index is -5.11. The Balaban J connectivity index is 3.40. The van der Waals surface area contributed by atoms with Gasteiger partial charge in [0.1, 0.15) is 0 Å². The molecule has 0 radical (unpaired) electrons. The van der Waals surface area contributed by atoms with Crippen molar-refractivity contribution in [3.05, 3.63) is 23.0 Å². The molecule has 0 aliphatic carbocycles. The molecule has 18 heavy (non-hydrogen) atoms. The monoisotopic (exact) mass is 335 g/mol. The normalized spacial score (nSPS) is 12.0. The van der Waals surface area contributed by atoms with E-state index in [9.17, 15) is 22.0 Å². The Labute approximate surface area is 107 Å². The molecule has 0 atom stereocenters. The van der Waals surface area contributed by atoms with Crippen molar-refractivity contribution in [1.82, 2.24) is 4.98 Å². The van der Waals surface area contributed by atoms with Gasteiger partial charge in [-0.2, -0.15) is 0 Å². The number of pyridine rings is 1. The van der Waals surface area contributed by atoms with E-state index in [0.29, 0.717) is 0 Å². The Morgan fingerprint density at radius 2 is 2.00 bits per heavy atom. The highest BCUT2D eigenvalue weighted by atomic mass is 79.9. The lowest BCUT2D eigenvalue weighted by atomic mass is 10.1. The highest BCUT2D eigenvalue weighted by molar-refractivity contribution is 9.08. The number of halogens is 6. The minimum Gasteiger partial charge on any atom is -0.403 e. The number of alkyl halides is 6. The van der Waals surface area contributed by atoms with Crippen molar-refractivity contribution in [2.45, 2.75) is 24.7 Å². The summed E-state index contributed by atoms with van der Waals surface area (Å²) in [6.45, 7) is -0.858. The first-order valence-corrected chi connectivity index (χ1v) is 5.63. The van der Waals surface area contributed by atoms with Gasteiger partial charge in [0.25, 0.3) is 6.43 Å². The van der Waals surface area contributed by atoms with Crippen LogP contribution in [0, 0.1) is 0 Å². The summed E-state index contributed by atoms with van der Waals surface area (Å²) in [6.07, 6.45) is -7.44. The SMILES string of the molecule is OCc1cnc(CBr)c(OC(F)(F)F)c1C(F)F. The van der Waals surface area contributed by atoms with E-state index in [-0.39, 0.29) is 11.0 Å². The summed E-state index contributed by atoms with van der Waals surface area (Å²) in [5.41, 5.74) is -1.73. The van der Waals surface area contributed by atoms with Gasteiger partial charge in [0.2, 0.25) is 0 Å². The lowest BCUT2D eigenvalue weighted by Crippen LogP contribution is -2.20. The second kappa shape index (κ2) is 5.79. The Kier molecular flexibility index (Phi) is 4.85. The molecule has 102 valence electrons. The number of hydrogen-bond acceptors (Lipinski definition) is 3. The lowest BCUT2D eigenvalue weighted by Gasteiger charge is -2.17. The zero-order valence-electron chi connectivity index (χ0n) is 8.64. The van der Waals surface area contributed by atoms with Crippen LogP contribution in [0.1, 0.15) is 23.2 Å². The third kappa shape index (κ3) is 3.52. The molecule has 0 aliphatic heterocycles. The summed E-state index contributed by atoms with van der Waals surface area (Å²) in [5.74, 6) is -1.07. The summed E-state index contributed by atoms with van der Waals surface area (Å²) in [5, 5.41) is 8.64. The number of aliphatic hydroxyl groups excluding tert-OH is 1. The standard InChI is InChI=1S/C9H7BrF5NO2/c10-1-5-7(18-9(13,14)15)6(8(11)12)4(3-17)2-16-5/h2,8,17H,1,3H2. The Morgan fingerprint density at radius 3 is 2.39 bits per heavy atom. The molecule has 0 saturated heterocycles. The van der Waals surface area contributed by atoms with Crippen molar-refractivity contribution in [3.63, 3.8) is 0 Å². The molecule has 1 aromatic heterocycles. The largest absolute Gasteiger partial charge is 0.573 e. The van der Waals surface area contributed by atoms with Crippen LogP contribution in [0.2, 0.25) is 0 Å². The minimum absolute atomic E-state index is 0.191. The van der Waals surface area contributed by atoms with Crippen molar-refractivity contribution in [1.29, 1.82) is 0 Å². The Bertz CT molecular complexity index is 424. The van der Waals surface area contributed by atoms with Gasteiger partial charge in [-0.05, 0) is 0 Å². The zero-order valence-corrected chi connectivity index (χ0v) is 10.2. The highest BCUT2D eigenvalue weighted by Gasteiger charge is 2.35. The molecular weight excluding hydrogens is 329 g/mol. The topological polar surface area (TPSA) is 42.4 Å². The molecule has 1 N–H and O–H groups in total. The Morgan fingerprint density at radius 1 is 1.39 bits per heavy atom. The maximum atomic E-state index is 12.8. The molecule has 0 unspecified atom stereocenters. The molecule has 1 rings (SSSR count). The quantitative estimate of drug-likeness (QED) is 0.678. The fourth-order valence-corrected chi connectivity index (χ4v) is 1.67. The maximum absolute atomic E-state index is 12.8. The first-order chi connectivity index (χ1) is 8.30. The molecule has 1 aromatic rings. The van der Waals surface area contributed by atoms with Crippen LogP contribution in [0.3, 0.4) is 0 Å². The molecule has 0 fully saturated rings. The molecule has 0 spiro atoms. The van der Waals surface area contributed by atoms with Crippen LogP contribution in [-0.2, 0) is 11.9 Å². The van der Waals surface area contributed by atoms with E-state index in [4.69, 9.17) is 5.11 Å². The first-order valence-electron chi connectivity index (χ1n) is 4.51. The summed E-state index contributed by atoms with van der Waals surface area (Å²) >= 11 is 2.83. The third-order valence-electron chi connectivity index (χ3n) is 1.96. The van der Waals surface area contributed by atoms with Crippen LogP contribution in [0.15, 0.2) is 6.20 Å². The van der Waals surface area contributed by atoms with E-state index >= 15 is 0 Å². The molecule has 3 nitrogen and oxygen atoms in total. The number of aromatic nitrogens is 1. The molecule has 0 bridgehead atoms. The van der Waals surface area contributed by atoms with Gasteiger partial charge < -0.3 is 9.84 Å². The van der Waals surface area contributed by atoms with Crippen molar-refractivity contribution < 1.29 is 31.8 Å². The zero-order chi connectivity index (χ0) is 13.9. The van der Waals surface area contributed by atoms with Crippen LogP contribution in [-0.4, -0.2) is 16.5 Å². The second-order valence-corrected chi connectivity index (χ2v) is 3.67. The number of ether oxygens (including phenoxy) is 1. The van der Waals surface area contributed by atoms with E-state index in [1.165, 1.54) is 0 Å². The summed E-state index contributed by atoms with van der Waals surface area (Å²) in [4.78, 5) is 3.53. The van der Waals surface area contributed by atoms with Gasteiger partial charge in [0.15, 0.2) is 5.75 Å². The van der Waals surface area contributed by atoms with E-state index in [1.807, 2.05) is 0 Å². The van der Waals surface area contributed by atoms with Crippen molar-refractivity contribution in [3.8, 4) is 5.75 Å². The first kappa shape index (κ1) is 15.1. The maximum Gasteiger partial charge on any atom is 0.573 e. The predicted octanol–water partition coefficient (Wildman–Crippen LogP) is 3.31. The van der Waals surface area contributed by atoms with E-state index in [1.54, 1.807) is 0 Å². The van der Waals surface area contributed by atoms with Crippen LogP contribution < -0.4 is 4.74 Å². The van der Waals surface area contributed by atoms with Gasteiger partial charge in [-0.3, -0.25) is 4.98 Å². The van der Waals surface area contributed by atoms with Crippen molar-refractivity contribution in [2.75, 3.05) is 0 Å². The lowest BCUT2D eigenvalue weighted by molar-refractivity contribution is -0.275. The van der Waals surface area contributed by atoms with Crippen molar-refractivity contribution in [2.24, 2.45) is 0 Å². The smallest absolute Gasteiger partial charge is 0.403 e. The number of aliphatic hydroxyl groups is 1. The van der Waals surface area contributed by atoms with Crippen LogP contribution in [0.25, 0.3) is 0 Å². The number of hydrogen-bond donors (Lipinski definition) is 1. The Hall–Kier alpha value is -0.960. The van der Waals surface area contributed by atoms with Gasteiger partial charge >= 0.3 is 6.36 Å². The second-order valence-electron chi connectivity index (χ2n) is 3.11. The molecular formula is C9H7BrF5NO2. The molecule has 1 heterocycles. The van der Waals surface area contributed by atoms with Crippen LogP contribution >= 0.6 is 15.9 Å². The van der Waals surface area contributed by atoms with Gasteiger partial charge in [-0.1, -0.05) is 15.9 Å². The summed E-state index contributed by atoms with van der Waals surface area (Å²) in [7, 11) is 0. The van der Waals surface area contributed by atoms with E-state index in [2.05, 4.69) is 25.7 Å². The fourth-order valence-electron chi connectivity index (χ4n) is 1.28. The predicted molar refractivity (Wildman–Crippen MR) is 54.4 cm³/mol. The fraction of sp³-hybridized carbons (Fsp3) is 0.444. The number of rotatable bonds is 4. The molecule has 0 aromatic carbocycles. The van der Waals surface area contributed by atoms with Crippen molar-refractivity contribution >= 4 is 15.9 Å². The van der Waals surface area contributed by atoms with Gasteiger partial charge in [0.05, 0.1) is 17.9 Å². The molecule has 0 saturated carbocycles. The average molecular weight is 336 g/mol. The van der Waals surface area contributed by atoms with Gasteiger partial charge in [-0.15, -0.1) is 13.2 Å². The van der Waals surface area contributed by atoms with Crippen LogP contribution in [0.4, 0.5) is 22.0 Å². The van der Waals surface area contributed by atoms with Gasteiger partial charge in [0, 0.05) is 17.1 Å². The molecule has 9 heteroatoms. The number of nitrogens with zero attached hydrogens (tertiary/aromatic N) is 1.